The fraction of sp³-hybridized carbons (Fsp3) is 0.167. The normalized spacial score (nSPS) is 11.9. The summed E-state index contributed by atoms with van der Waals surface area (Å²) in [5, 5.41) is 20.1. The molecule has 5 aromatic rings. The van der Waals surface area contributed by atoms with Gasteiger partial charge in [0.05, 0.1) is 17.5 Å². The highest BCUT2D eigenvalue weighted by molar-refractivity contribution is 5.94. The van der Waals surface area contributed by atoms with Crippen molar-refractivity contribution in [3.05, 3.63) is 72.8 Å². The highest BCUT2D eigenvalue weighted by Crippen LogP contribution is 2.35. The third kappa shape index (κ3) is 3.88. The van der Waals surface area contributed by atoms with Crippen LogP contribution in [0.3, 0.4) is 0 Å². The molecule has 0 aliphatic carbocycles. The Balaban J connectivity index is 1.69. The Bertz CT molecular complexity index is 1390. The first-order chi connectivity index (χ1) is 15.4. The van der Waals surface area contributed by atoms with Crippen molar-refractivity contribution in [1.82, 2.24) is 25.0 Å². The summed E-state index contributed by atoms with van der Waals surface area (Å²) in [6.07, 6.45) is 1.42. The molecule has 0 saturated carbocycles. The first kappa shape index (κ1) is 20.0. The van der Waals surface area contributed by atoms with Crippen molar-refractivity contribution in [2.75, 3.05) is 0 Å². The lowest BCUT2D eigenvalue weighted by molar-refractivity contribution is 0.0533. The molecule has 2 aromatic carbocycles. The van der Waals surface area contributed by atoms with Gasteiger partial charge in [-0.15, -0.1) is 0 Å². The van der Waals surface area contributed by atoms with E-state index in [1.807, 2.05) is 36.4 Å². The van der Waals surface area contributed by atoms with Crippen LogP contribution in [-0.4, -0.2) is 35.7 Å². The van der Waals surface area contributed by atoms with Gasteiger partial charge in [-0.05, 0) is 44.2 Å². The van der Waals surface area contributed by atoms with E-state index >= 15 is 0 Å². The Hall–Kier alpha value is -3.91. The van der Waals surface area contributed by atoms with Crippen molar-refractivity contribution in [2.45, 2.75) is 26.0 Å². The van der Waals surface area contributed by atoms with Crippen LogP contribution in [0.25, 0.3) is 45.1 Å². The number of furan rings is 1. The summed E-state index contributed by atoms with van der Waals surface area (Å²) >= 11 is 0. The van der Waals surface area contributed by atoms with Crippen LogP contribution in [-0.2, 0) is 6.54 Å². The fourth-order valence-corrected chi connectivity index (χ4v) is 3.52. The molecule has 0 amide bonds. The van der Waals surface area contributed by atoms with E-state index in [-0.39, 0.29) is 12.4 Å². The van der Waals surface area contributed by atoms with E-state index in [0.717, 1.165) is 5.56 Å². The summed E-state index contributed by atoms with van der Waals surface area (Å²) in [4.78, 5) is 10.2. The number of nitrogens with zero attached hydrogens (tertiary/aromatic N) is 5. The SMILES string of the molecule is CC(C)(O)Cn1nc(-c2ccc(F)cc2)c(-c2ncnc3oc(-c4ccccc4)cc23)n1. The van der Waals surface area contributed by atoms with Gasteiger partial charge in [-0.3, -0.25) is 0 Å². The number of aromatic nitrogens is 5. The molecular weight excluding hydrogens is 409 g/mol. The van der Waals surface area contributed by atoms with Crippen LogP contribution >= 0.6 is 0 Å². The third-order valence-electron chi connectivity index (χ3n) is 4.91. The lowest BCUT2D eigenvalue weighted by atomic mass is 10.1. The van der Waals surface area contributed by atoms with Crippen LogP contribution < -0.4 is 0 Å². The Morgan fingerprint density at radius 1 is 0.906 bits per heavy atom. The standard InChI is InChI=1S/C24H20FN5O2/c1-24(2,31)13-30-28-20(16-8-10-17(25)11-9-16)22(29-30)21-18-12-19(15-6-4-3-5-7-15)32-23(18)27-14-26-21/h3-12,14,31H,13H2,1-2H3. The average Bonchev–Trinajstić information content (AvgIpc) is 3.38. The van der Waals surface area contributed by atoms with Gasteiger partial charge in [0.2, 0.25) is 5.71 Å². The number of hydrogen-bond donors (Lipinski definition) is 1. The van der Waals surface area contributed by atoms with Crippen LogP contribution in [0, 0.1) is 5.82 Å². The van der Waals surface area contributed by atoms with Crippen molar-refractivity contribution in [1.29, 1.82) is 0 Å². The average molecular weight is 429 g/mol. The first-order valence-electron chi connectivity index (χ1n) is 10.1. The van der Waals surface area contributed by atoms with Crippen molar-refractivity contribution < 1.29 is 13.9 Å². The van der Waals surface area contributed by atoms with Gasteiger partial charge in [0.25, 0.3) is 0 Å². The fourth-order valence-electron chi connectivity index (χ4n) is 3.52. The largest absolute Gasteiger partial charge is 0.438 e. The molecule has 0 atom stereocenters. The number of hydrogen-bond acceptors (Lipinski definition) is 6. The molecule has 0 radical (unpaired) electrons. The predicted molar refractivity (Wildman–Crippen MR) is 118 cm³/mol. The highest BCUT2D eigenvalue weighted by atomic mass is 19.1. The second-order valence-corrected chi connectivity index (χ2v) is 8.16. The van der Waals surface area contributed by atoms with Crippen LogP contribution in [0.2, 0.25) is 0 Å². The second-order valence-electron chi connectivity index (χ2n) is 8.16. The van der Waals surface area contributed by atoms with E-state index < -0.39 is 5.60 Å². The molecule has 1 N–H and O–H groups in total. The van der Waals surface area contributed by atoms with Crippen LogP contribution in [0.5, 0.6) is 0 Å². The van der Waals surface area contributed by atoms with Crippen molar-refractivity contribution in [3.8, 4) is 34.0 Å². The number of halogens is 1. The zero-order valence-corrected chi connectivity index (χ0v) is 17.5. The summed E-state index contributed by atoms with van der Waals surface area (Å²) < 4.78 is 19.5. The Labute approximate surface area is 183 Å². The van der Waals surface area contributed by atoms with E-state index in [4.69, 9.17) is 4.42 Å². The van der Waals surface area contributed by atoms with E-state index in [1.165, 1.54) is 23.3 Å². The highest BCUT2D eigenvalue weighted by Gasteiger charge is 2.23. The van der Waals surface area contributed by atoms with Gasteiger partial charge in [0.1, 0.15) is 35.0 Å². The van der Waals surface area contributed by atoms with E-state index in [0.29, 0.717) is 39.5 Å². The van der Waals surface area contributed by atoms with E-state index in [2.05, 4.69) is 20.2 Å². The summed E-state index contributed by atoms with van der Waals surface area (Å²) in [5.74, 6) is 0.320. The topological polar surface area (TPSA) is 89.9 Å². The summed E-state index contributed by atoms with van der Waals surface area (Å²) in [5.41, 5.74) is 2.57. The van der Waals surface area contributed by atoms with Gasteiger partial charge in [0, 0.05) is 11.1 Å². The summed E-state index contributed by atoms with van der Waals surface area (Å²) in [6.45, 7) is 3.54. The second kappa shape index (κ2) is 7.65. The Morgan fingerprint density at radius 3 is 2.34 bits per heavy atom. The van der Waals surface area contributed by atoms with Gasteiger partial charge in [-0.2, -0.15) is 15.0 Å². The minimum absolute atomic E-state index is 0.177. The Kier molecular flexibility index (Phi) is 4.79. The van der Waals surface area contributed by atoms with Gasteiger partial charge in [0.15, 0.2) is 0 Å². The molecule has 160 valence electrons. The number of aliphatic hydroxyl groups is 1. The zero-order valence-electron chi connectivity index (χ0n) is 17.5. The molecule has 0 spiro atoms. The molecule has 7 nitrogen and oxygen atoms in total. The molecular formula is C24H20FN5O2. The lowest BCUT2D eigenvalue weighted by Crippen LogP contribution is -2.27. The smallest absolute Gasteiger partial charge is 0.230 e. The van der Waals surface area contributed by atoms with E-state index in [1.54, 1.807) is 26.0 Å². The summed E-state index contributed by atoms with van der Waals surface area (Å²) in [7, 11) is 0. The maximum atomic E-state index is 13.5. The molecule has 5 rings (SSSR count). The molecule has 3 heterocycles. The van der Waals surface area contributed by atoms with Gasteiger partial charge < -0.3 is 9.52 Å². The van der Waals surface area contributed by atoms with Crippen LogP contribution in [0.4, 0.5) is 4.39 Å². The molecule has 32 heavy (non-hydrogen) atoms. The minimum atomic E-state index is -1.02. The molecule has 0 unspecified atom stereocenters. The summed E-state index contributed by atoms with van der Waals surface area (Å²) in [6, 6.07) is 17.6. The first-order valence-corrected chi connectivity index (χ1v) is 10.1. The monoisotopic (exact) mass is 429 g/mol. The molecule has 0 saturated heterocycles. The molecule has 0 aliphatic rings. The number of benzene rings is 2. The number of fused-ring (bicyclic) bond motifs is 1. The maximum Gasteiger partial charge on any atom is 0.230 e. The third-order valence-corrected chi connectivity index (χ3v) is 4.91. The lowest BCUT2D eigenvalue weighted by Gasteiger charge is -2.15. The van der Waals surface area contributed by atoms with Crippen LogP contribution in [0.1, 0.15) is 13.8 Å². The quantitative estimate of drug-likeness (QED) is 0.435. The molecule has 8 heteroatoms. The number of rotatable bonds is 5. The van der Waals surface area contributed by atoms with Crippen molar-refractivity contribution in [2.24, 2.45) is 0 Å². The van der Waals surface area contributed by atoms with Gasteiger partial charge >= 0.3 is 0 Å². The van der Waals surface area contributed by atoms with Crippen molar-refractivity contribution in [3.63, 3.8) is 0 Å². The molecule has 0 fully saturated rings. The minimum Gasteiger partial charge on any atom is -0.438 e. The maximum absolute atomic E-state index is 13.5. The van der Waals surface area contributed by atoms with Gasteiger partial charge in [-0.1, -0.05) is 30.3 Å². The molecule has 0 bridgehead atoms. The predicted octanol–water partition coefficient (Wildman–Crippen LogP) is 4.73. The Morgan fingerprint density at radius 2 is 1.62 bits per heavy atom. The van der Waals surface area contributed by atoms with Crippen LogP contribution in [0.15, 0.2) is 71.4 Å². The van der Waals surface area contributed by atoms with Crippen molar-refractivity contribution >= 4 is 11.1 Å². The van der Waals surface area contributed by atoms with Gasteiger partial charge in [-0.25, -0.2) is 14.4 Å². The molecule has 3 aromatic heterocycles. The molecule has 0 aliphatic heterocycles. The van der Waals surface area contributed by atoms with E-state index in [9.17, 15) is 9.50 Å². The zero-order chi connectivity index (χ0) is 22.3.